The van der Waals surface area contributed by atoms with Crippen LogP contribution in [0.3, 0.4) is 0 Å². The van der Waals surface area contributed by atoms with E-state index in [0.29, 0.717) is 12.5 Å². The van der Waals surface area contributed by atoms with Crippen molar-refractivity contribution in [2.75, 3.05) is 6.61 Å². The van der Waals surface area contributed by atoms with Crippen molar-refractivity contribution in [1.82, 2.24) is 0 Å². The predicted octanol–water partition coefficient (Wildman–Crippen LogP) is 4.77. The summed E-state index contributed by atoms with van der Waals surface area (Å²) in [6.07, 6.45) is 3.45. The summed E-state index contributed by atoms with van der Waals surface area (Å²) in [5.41, 5.74) is 1.25. The Morgan fingerprint density at radius 2 is 1.70 bits per heavy atom. The minimum atomic E-state index is -1.59. The quantitative estimate of drug-likeness (QED) is 0.527. The highest BCUT2D eigenvalue weighted by Crippen LogP contribution is 2.66. The number of hydrogen-bond acceptors (Lipinski definition) is 1. The zero-order valence-corrected chi connectivity index (χ0v) is 15.2. The number of hydrogen-bond donors (Lipinski definition) is 0. The van der Waals surface area contributed by atoms with Crippen molar-refractivity contribution < 1.29 is 4.74 Å². The van der Waals surface area contributed by atoms with E-state index in [0.717, 1.165) is 6.61 Å². The minimum Gasteiger partial charge on any atom is -0.376 e. The summed E-state index contributed by atoms with van der Waals surface area (Å²) in [5, 5.41) is 1.80. The third kappa shape index (κ3) is 3.06. The number of ether oxygens (including phenoxy) is 1. The second kappa shape index (κ2) is 6.46. The smallest absolute Gasteiger partial charge is 0.0908 e. The fraction of sp³-hybridized carbons (Fsp3) is 0.333. The summed E-state index contributed by atoms with van der Waals surface area (Å²) in [6, 6.07) is 21.4. The van der Waals surface area contributed by atoms with Gasteiger partial charge in [0.15, 0.2) is 0 Å². The maximum absolute atomic E-state index is 6.01. The molecule has 0 N–H and O–H groups in total. The van der Waals surface area contributed by atoms with Gasteiger partial charge in [-0.25, -0.2) is 0 Å². The van der Waals surface area contributed by atoms with Crippen molar-refractivity contribution in [3.05, 3.63) is 78.9 Å². The lowest BCUT2D eigenvalue weighted by Crippen LogP contribution is -2.47. The molecule has 1 aliphatic rings. The molecule has 0 saturated heterocycles. The first-order chi connectivity index (χ1) is 11.1. The first kappa shape index (κ1) is 16.2. The van der Waals surface area contributed by atoms with E-state index in [9.17, 15) is 0 Å². The van der Waals surface area contributed by atoms with Crippen molar-refractivity contribution in [2.45, 2.75) is 31.2 Å². The zero-order chi connectivity index (χ0) is 16.3. The largest absolute Gasteiger partial charge is 0.376 e. The molecule has 120 valence electrons. The Morgan fingerprint density at radius 1 is 1.09 bits per heavy atom. The summed E-state index contributed by atoms with van der Waals surface area (Å²) < 4.78 is 6.01. The van der Waals surface area contributed by atoms with Crippen molar-refractivity contribution in [1.29, 1.82) is 0 Å². The lowest BCUT2D eigenvalue weighted by atomic mass is 10.2. The van der Waals surface area contributed by atoms with Gasteiger partial charge in [-0.15, -0.1) is 6.58 Å². The van der Waals surface area contributed by atoms with Gasteiger partial charge in [0.05, 0.1) is 21.3 Å². The van der Waals surface area contributed by atoms with E-state index in [1.54, 1.807) is 0 Å². The summed E-state index contributed by atoms with van der Waals surface area (Å²) in [5.74, 6) is 0.616. The third-order valence-electron chi connectivity index (χ3n) is 5.61. The highest BCUT2D eigenvalue weighted by molar-refractivity contribution is 6.93. The van der Waals surface area contributed by atoms with Gasteiger partial charge < -0.3 is 4.74 Å². The maximum atomic E-state index is 6.01. The van der Waals surface area contributed by atoms with E-state index < -0.39 is 8.07 Å². The molecule has 3 rings (SSSR count). The van der Waals surface area contributed by atoms with E-state index in [-0.39, 0.29) is 5.04 Å². The monoisotopic (exact) mass is 322 g/mol. The predicted molar refractivity (Wildman–Crippen MR) is 101 cm³/mol. The van der Waals surface area contributed by atoms with Crippen LogP contribution in [-0.2, 0) is 11.3 Å². The molecule has 1 nitrogen and oxygen atoms in total. The second-order valence-electron chi connectivity index (χ2n) is 7.14. The van der Waals surface area contributed by atoms with E-state index >= 15 is 0 Å². The summed E-state index contributed by atoms with van der Waals surface area (Å²) in [6.45, 7) is 10.7. The van der Waals surface area contributed by atoms with Crippen LogP contribution < -0.4 is 5.19 Å². The highest BCUT2D eigenvalue weighted by Gasteiger charge is 2.61. The molecule has 2 atom stereocenters. The van der Waals surface area contributed by atoms with Gasteiger partial charge in [-0.05, 0) is 22.9 Å². The van der Waals surface area contributed by atoms with Gasteiger partial charge >= 0.3 is 0 Å². The van der Waals surface area contributed by atoms with E-state index in [1.807, 2.05) is 6.07 Å². The molecule has 0 bridgehead atoms. The Bertz CT molecular complexity index is 650. The summed E-state index contributed by atoms with van der Waals surface area (Å²) in [4.78, 5) is 0. The fourth-order valence-electron chi connectivity index (χ4n) is 3.84. The molecule has 0 heterocycles. The Kier molecular flexibility index (Phi) is 4.56. The Hall–Kier alpha value is -1.64. The van der Waals surface area contributed by atoms with Crippen molar-refractivity contribution in [3.8, 4) is 0 Å². The molecule has 2 heteroatoms. The van der Waals surface area contributed by atoms with E-state index in [2.05, 4.69) is 80.3 Å². The third-order valence-corrected chi connectivity index (χ3v) is 10.5. The number of allylic oxidation sites excluding steroid dienone is 1. The van der Waals surface area contributed by atoms with Crippen LogP contribution in [0.4, 0.5) is 0 Å². The zero-order valence-electron chi connectivity index (χ0n) is 14.2. The molecular weight excluding hydrogens is 296 g/mol. The van der Waals surface area contributed by atoms with Gasteiger partial charge in [0.25, 0.3) is 0 Å². The standard InChI is InChI=1S/C21H26OSi/c1-4-21(23(2,3)20-13-9-6-10-14-20)15-19(21)17-22-16-18-11-7-5-8-12-18/h4-14,19H,1,15-17H2,2-3H3. The van der Waals surface area contributed by atoms with Gasteiger partial charge in [-0.3, -0.25) is 0 Å². The molecule has 0 radical (unpaired) electrons. The molecule has 23 heavy (non-hydrogen) atoms. The highest BCUT2D eigenvalue weighted by atomic mass is 28.3. The molecule has 0 amide bonds. The number of rotatable bonds is 7. The normalized spacial score (nSPS) is 23.5. The van der Waals surface area contributed by atoms with Crippen molar-refractivity contribution in [2.24, 2.45) is 5.92 Å². The molecule has 0 spiro atoms. The Morgan fingerprint density at radius 3 is 2.30 bits per heavy atom. The van der Waals surface area contributed by atoms with Crippen molar-refractivity contribution >= 4 is 13.3 Å². The molecule has 2 aromatic rings. The van der Waals surface area contributed by atoms with Gasteiger partial charge in [0, 0.05) is 0 Å². The average molecular weight is 323 g/mol. The van der Waals surface area contributed by atoms with Crippen LogP contribution in [0.1, 0.15) is 12.0 Å². The first-order valence-electron chi connectivity index (χ1n) is 8.41. The van der Waals surface area contributed by atoms with Crippen LogP contribution in [0.2, 0.25) is 18.1 Å². The molecule has 2 unspecified atom stereocenters. The van der Waals surface area contributed by atoms with Gasteiger partial charge in [-0.2, -0.15) is 0 Å². The lowest BCUT2D eigenvalue weighted by Gasteiger charge is -2.32. The minimum absolute atomic E-state index is 0.283. The number of benzene rings is 2. The Balaban J connectivity index is 1.64. The van der Waals surface area contributed by atoms with Crippen LogP contribution in [0, 0.1) is 5.92 Å². The van der Waals surface area contributed by atoms with Crippen LogP contribution >= 0.6 is 0 Å². The summed E-state index contributed by atoms with van der Waals surface area (Å²) in [7, 11) is -1.59. The average Bonchev–Trinajstić information content (AvgIpc) is 3.32. The van der Waals surface area contributed by atoms with E-state index in [4.69, 9.17) is 4.74 Å². The van der Waals surface area contributed by atoms with Crippen molar-refractivity contribution in [3.63, 3.8) is 0 Å². The maximum Gasteiger partial charge on any atom is 0.0908 e. The molecule has 0 aromatic heterocycles. The lowest BCUT2D eigenvalue weighted by molar-refractivity contribution is 0.109. The topological polar surface area (TPSA) is 9.23 Å². The Labute approximate surface area is 141 Å². The fourth-order valence-corrected chi connectivity index (χ4v) is 7.78. The molecular formula is C21H26OSi. The molecule has 1 saturated carbocycles. The first-order valence-corrected chi connectivity index (χ1v) is 11.4. The van der Waals surface area contributed by atoms with Gasteiger partial charge in [0.1, 0.15) is 0 Å². The molecule has 1 aliphatic carbocycles. The van der Waals surface area contributed by atoms with Crippen LogP contribution in [0.25, 0.3) is 0 Å². The summed E-state index contributed by atoms with van der Waals surface area (Å²) >= 11 is 0. The van der Waals surface area contributed by atoms with Crippen LogP contribution in [0.5, 0.6) is 0 Å². The SMILES string of the molecule is C=CC1([Si](C)(C)c2ccccc2)CC1COCc1ccccc1. The molecule has 0 aliphatic heterocycles. The molecule has 2 aromatic carbocycles. The second-order valence-corrected chi connectivity index (χ2v) is 11.9. The molecule has 1 fully saturated rings. The van der Waals surface area contributed by atoms with E-state index in [1.165, 1.54) is 17.2 Å². The van der Waals surface area contributed by atoms with Gasteiger partial charge in [-0.1, -0.05) is 85.0 Å². The van der Waals surface area contributed by atoms with Crippen LogP contribution in [-0.4, -0.2) is 14.7 Å². The van der Waals surface area contributed by atoms with Crippen LogP contribution in [0.15, 0.2) is 73.3 Å². The van der Waals surface area contributed by atoms with Gasteiger partial charge in [0.2, 0.25) is 0 Å².